The summed E-state index contributed by atoms with van der Waals surface area (Å²) in [5.41, 5.74) is 0. The number of hydrogen-bond donors (Lipinski definition) is 1. The molecule has 1 aliphatic carbocycles. The lowest BCUT2D eigenvalue weighted by atomic mass is 9.86. The van der Waals surface area contributed by atoms with Gasteiger partial charge in [0, 0.05) is 19.1 Å². The molecule has 0 unspecified atom stereocenters. The Bertz CT molecular complexity index is 303. The minimum Gasteiger partial charge on any atom is -0.336 e. The van der Waals surface area contributed by atoms with Crippen LogP contribution in [0, 0.1) is 11.8 Å². The number of likely N-dealkylation sites (tertiary alicyclic amines) is 1. The molecule has 4 heteroatoms. The Labute approximate surface area is 114 Å². The fourth-order valence-corrected chi connectivity index (χ4v) is 3.44. The standard InChI is InChI=1S/C14H24N2OS/c1-11(7-8-18-2)15-14(17)16-9-12-5-3-4-6-13(12)10-16/h3-4,11-13H,5-10H2,1-2H3,(H,15,17)/t11-,12-,13+/m0/s1. The van der Waals surface area contributed by atoms with E-state index in [4.69, 9.17) is 0 Å². The van der Waals surface area contributed by atoms with Gasteiger partial charge in [-0.2, -0.15) is 11.8 Å². The molecule has 2 aliphatic rings. The second kappa shape index (κ2) is 6.50. The zero-order chi connectivity index (χ0) is 13.0. The molecule has 1 fully saturated rings. The highest BCUT2D eigenvalue weighted by Gasteiger charge is 2.35. The molecule has 0 radical (unpaired) electrons. The van der Waals surface area contributed by atoms with Crippen LogP contribution in [0.15, 0.2) is 12.2 Å². The van der Waals surface area contributed by atoms with Crippen molar-refractivity contribution < 1.29 is 4.79 Å². The van der Waals surface area contributed by atoms with Crippen molar-refractivity contribution in [1.29, 1.82) is 0 Å². The van der Waals surface area contributed by atoms with Crippen molar-refractivity contribution in [3.05, 3.63) is 12.2 Å². The number of rotatable bonds is 4. The van der Waals surface area contributed by atoms with Crippen molar-refractivity contribution in [3.8, 4) is 0 Å². The van der Waals surface area contributed by atoms with Gasteiger partial charge in [-0.05, 0) is 50.0 Å². The Kier molecular flexibility index (Phi) is 4.98. The maximum atomic E-state index is 12.1. The molecule has 0 aromatic carbocycles. The van der Waals surface area contributed by atoms with E-state index in [0.29, 0.717) is 11.8 Å². The summed E-state index contributed by atoms with van der Waals surface area (Å²) in [4.78, 5) is 14.2. The molecule has 0 spiro atoms. The van der Waals surface area contributed by atoms with Crippen LogP contribution in [0.4, 0.5) is 4.79 Å². The number of carbonyl (C=O) groups excluding carboxylic acids is 1. The summed E-state index contributed by atoms with van der Waals surface area (Å²) < 4.78 is 0. The number of urea groups is 1. The third-order valence-electron chi connectivity index (χ3n) is 4.03. The van der Waals surface area contributed by atoms with Gasteiger partial charge in [-0.1, -0.05) is 12.2 Å². The number of amides is 2. The fraction of sp³-hybridized carbons (Fsp3) is 0.786. The molecule has 0 aromatic rings. The summed E-state index contributed by atoms with van der Waals surface area (Å²) in [6.07, 6.45) is 9.99. The highest BCUT2D eigenvalue weighted by molar-refractivity contribution is 7.98. The predicted octanol–water partition coefficient (Wildman–Crippen LogP) is 2.74. The third-order valence-corrected chi connectivity index (χ3v) is 4.68. The average molecular weight is 268 g/mol. The van der Waals surface area contributed by atoms with E-state index in [9.17, 15) is 4.79 Å². The average Bonchev–Trinajstić information content (AvgIpc) is 2.80. The Morgan fingerprint density at radius 1 is 1.39 bits per heavy atom. The molecule has 18 heavy (non-hydrogen) atoms. The van der Waals surface area contributed by atoms with Crippen LogP contribution in [0.25, 0.3) is 0 Å². The third kappa shape index (κ3) is 3.44. The van der Waals surface area contributed by atoms with Gasteiger partial charge in [0.25, 0.3) is 0 Å². The van der Waals surface area contributed by atoms with Crippen LogP contribution >= 0.6 is 11.8 Å². The number of thioether (sulfide) groups is 1. The topological polar surface area (TPSA) is 32.3 Å². The van der Waals surface area contributed by atoms with Crippen molar-refractivity contribution in [2.45, 2.75) is 32.2 Å². The molecule has 0 aromatic heterocycles. The van der Waals surface area contributed by atoms with Crippen LogP contribution in [-0.4, -0.2) is 42.1 Å². The van der Waals surface area contributed by atoms with Gasteiger partial charge < -0.3 is 10.2 Å². The van der Waals surface area contributed by atoms with Crippen LogP contribution in [-0.2, 0) is 0 Å². The molecular weight excluding hydrogens is 244 g/mol. The van der Waals surface area contributed by atoms with E-state index < -0.39 is 0 Å². The Morgan fingerprint density at radius 3 is 2.56 bits per heavy atom. The summed E-state index contributed by atoms with van der Waals surface area (Å²) in [6, 6.07) is 0.420. The van der Waals surface area contributed by atoms with Gasteiger partial charge in [0.2, 0.25) is 0 Å². The van der Waals surface area contributed by atoms with Gasteiger partial charge in [-0.25, -0.2) is 4.79 Å². The quantitative estimate of drug-likeness (QED) is 0.795. The zero-order valence-corrected chi connectivity index (χ0v) is 12.2. The summed E-state index contributed by atoms with van der Waals surface area (Å²) in [7, 11) is 0. The largest absolute Gasteiger partial charge is 0.336 e. The van der Waals surface area contributed by atoms with E-state index in [-0.39, 0.29) is 12.1 Å². The molecular formula is C14H24N2OS. The minimum absolute atomic E-state index is 0.137. The number of nitrogens with one attached hydrogen (secondary N) is 1. The van der Waals surface area contributed by atoms with Gasteiger partial charge in [0.1, 0.15) is 0 Å². The van der Waals surface area contributed by atoms with Gasteiger partial charge >= 0.3 is 6.03 Å². The molecule has 1 heterocycles. The maximum absolute atomic E-state index is 12.1. The molecule has 3 nitrogen and oxygen atoms in total. The molecule has 2 rings (SSSR count). The van der Waals surface area contributed by atoms with Crippen LogP contribution in [0.2, 0.25) is 0 Å². The highest BCUT2D eigenvalue weighted by Crippen LogP contribution is 2.32. The number of carbonyl (C=O) groups is 1. The molecule has 1 N–H and O–H groups in total. The van der Waals surface area contributed by atoms with E-state index in [1.54, 1.807) is 0 Å². The SMILES string of the molecule is CSCC[C@H](C)NC(=O)N1C[C@H]2CC=CC[C@H]2C1. The Hall–Kier alpha value is -0.640. The number of fused-ring (bicyclic) bond motifs is 1. The van der Waals surface area contributed by atoms with Gasteiger partial charge in [0.05, 0.1) is 0 Å². The first-order chi connectivity index (χ1) is 8.70. The van der Waals surface area contributed by atoms with Crippen LogP contribution < -0.4 is 5.32 Å². The van der Waals surface area contributed by atoms with Crippen LogP contribution in [0.5, 0.6) is 0 Å². The van der Waals surface area contributed by atoms with E-state index in [1.807, 2.05) is 16.7 Å². The number of hydrogen-bond acceptors (Lipinski definition) is 2. The van der Waals surface area contributed by atoms with E-state index in [0.717, 1.165) is 38.1 Å². The summed E-state index contributed by atoms with van der Waals surface area (Å²) >= 11 is 1.83. The summed E-state index contributed by atoms with van der Waals surface area (Å²) in [6.45, 7) is 3.98. The summed E-state index contributed by atoms with van der Waals surface area (Å²) in [5, 5.41) is 3.12. The normalized spacial score (nSPS) is 28.0. The van der Waals surface area contributed by atoms with Crippen molar-refractivity contribution in [3.63, 3.8) is 0 Å². The van der Waals surface area contributed by atoms with Crippen LogP contribution in [0.3, 0.4) is 0 Å². The molecule has 0 saturated carbocycles. The number of nitrogens with zero attached hydrogens (tertiary/aromatic N) is 1. The van der Waals surface area contributed by atoms with E-state index in [2.05, 4.69) is 30.6 Å². The van der Waals surface area contributed by atoms with E-state index in [1.165, 1.54) is 0 Å². The van der Waals surface area contributed by atoms with Gasteiger partial charge in [0.15, 0.2) is 0 Å². The molecule has 3 atom stereocenters. The molecule has 2 amide bonds. The second-order valence-electron chi connectivity index (χ2n) is 5.50. The Balaban J connectivity index is 1.77. The van der Waals surface area contributed by atoms with Crippen molar-refractivity contribution >= 4 is 17.8 Å². The monoisotopic (exact) mass is 268 g/mol. The maximum Gasteiger partial charge on any atom is 0.317 e. The lowest BCUT2D eigenvalue weighted by Crippen LogP contribution is -2.43. The smallest absolute Gasteiger partial charge is 0.317 e. The van der Waals surface area contributed by atoms with E-state index >= 15 is 0 Å². The first-order valence-corrected chi connectivity index (χ1v) is 8.29. The highest BCUT2D eigenvalue weighted by atomic mass is 32.2. The molecule has 102 valence electrons. The van der Waals surface area contributed by atoms with Crippen LogP contribution in [0.1, 0.15) is 26.2 Å². The van der Waals surface area contributed by atoms with Crippen molar-refractivity contribution in [2.24, 2.45) is 11.8 Å². The Morgan fingerprint density at radius 2 is 2.00 bits per heavy atom. The zero-order valence-electron chi connectivity index (χ0n) is 11.4. The fourth-order valence-electron chi connectivity index (χ4n) is 2.85. The van der Waals surface area contributed by atoms with Crippen molar-refractivity contribution in [2.75, 3.05) is 25.1 Å². The summed E-state index contributed by atoms with van der Waals surface area (Å²) in [5.74, 6) is 2.50. The lowest BCUT2D eigenvalue weighted by Gasteiger charge is -2.20. The second-order valence-corrected chi connectivity index (χ2v) is 6.49. The first-order valence-electron chi connectivity index (χ1n) is 6.90. The van der Waals surface area contributed by atoms with Gasteiger partial charge in [-0.15, -0.1) is 0 Å². The van der Waals surface area contributed by atoms with Gasteiger partial charge in [-0.3, -0.25) is 0 Å². The minimum atomic E-state index is 0.137. The first kappa shape index (κ1) is 13.8. The predicted molar refractivity (Wildman–Crippen MR) is 77.9 cm³/mol. The molecule has 1 saturated heterocycles. The molecule has 0 bridgehead atoms. The molecule has 1 aliphatic heterocycles. The lowest BCUT2D eigenvalue weighted by molar-refractivity contribution is 0.202. The van der Waals surface area contributed by atoms with Crippen molar-refractivity contribution in [1.82, 2.24) is 10.2 Å². The number of allylic oxidation sites excluding steroid dienone is 2.